The highest BCUT2D eigenvalue weighted by atomic mass is 35.5. The molecular formula is C32H40ClNO5. The molecule has 2 aromatic carbocycles. The molecule has 2 N–H and O–H groups in total. The summed E-state index contributed by atoms with van der Waals surface area (Å²) in [5, 5.41) is 20.5. The second-order valence-electron chi connectivity index (χ2n) is 12.3. The van der Waals surface area contributed by atoms with Crippen molar-refractivity contribution in [1.82, 2.24) is 0 Å². The van der Waals surface area contributed by atoms with Gasteiger partial charge in [-0.25, -0.2) is 4.79 Å². The number of ether oxygens (including phenoxy) is 2. The lowest BCUT2D eigenvalue weighted by Crippen LogP contribution is -2.51. The first-order valence-corrected chi connectivity index (χ1v) is 15.0. The van der Waals surface area contributed by atoms with Crippen LogP contribution in [-0.2, 0) is 16.6 Å². The molecule has 4 aliphatic rings. The highest BCUT2D eigenvalue weighted by Gasteiger charge is 2.46. The van der Waals surface area contributed by atoms with E-state index in [1.54, 1.807) is 12.1 Å². The molecule has 7 heteroatoms. The van der Waals surface area contributed by atoms with Crippen molar-refractivity contribution in [3.63, 3.8) is 0 Å². The van der Waals surface area contributed by atoms with Gasteiger partial charge >= 0.3 is 5.97 Å². The van der Waals surface area contributed by atoms with Gasteiger partial charge in [0.2, 0.25) is 0 Å². The van der Waals surface area contributed by atoms with Gasteiger partial charge in [0.15, 0.2) is 0 Å². The summed E-state index contributed by atoms with van der Waals surface area (Å²) in [5.41, 5.74) is 3.37. The van der Waals surface area contributed by atoms with Crippen molar-refractivity contribution in [2.75, 3.05) is 31.7 Å². The molecule has 210 valence electrons. The summed E-state index contributed by atoms with van der Waals surface area (Å²) >= 11 is 6.87. The maximum atomic E-state index is 12.0. The number of methoxy groups -OCH3 is 1. The number of carboxylic acid groups (broad SMARTS) is 1. The summed E-state index contributed by atoms with van der Waals surface area (Å²) in [4.78, 5) is 14.4. The van der Waals surface area contributed by atoms with Crippen LogP contribution >= 0.6 is 11.6 Å². The fourth-order valence-electron chi connectivity index (χ4n) is 8.06. The average Bonchev–Trinajstić information content (AvgIpc) is 3.07. The Labute approximate surface area is 236 Å². The number of anilines is 1. The number of carbonyl (C=O) groups is 1. The Bertz CT molecular complexity index is 1220. The number of carboxylic acids is 1. The largest absolute Gasteiger partial charge is 0.490 e. The molecule has 6 rings (SSSR count). The molecule has 2 aromatic rings. The van der Waals surface area contributed by atoms with Crippen LogP contribution in [0.3, 0.4) is 0 Å². The molecule has 0 aromatic heterocycles. The molecule has 6 nitrogen and oxygen atoms in total. The lowest BCUT2D eigenvalue weighted by atomic mass is 9.65. The van der Waals surface area contributed by atoms with E-state index in [9.17, 15) is 15.0 Å². The first-order valence-electron chi connectivity index (χ1n) is 14.6. The standard InChI is InChI=1S/C32H40ClNO5/c1-38-30(21-7-4-9-23(35)16-21)24-12-11-22(24)17-34-18-32(15-5-8-20-6-2-3-10-26(20)32)19-39-27-14-13-25(31(36)37)28(33)29(27)34/h2-3,6,10,13-14,21-24,30,35H,4-5,7-9,11-12,15-19H2,1H3,(H,36,37)/t21-,22-,23-,24+,30-,32?/m0/s1. The van der Waals surface area contributed by atoms with Gasteiger partial charge in [-0.05, 0) is 92.4 Å². The van der Waals surface area contributed by atoms with Crippen LogP contribution < -0.4 is 9.64 Å². The molecule has 3 aliphatic carbocycles. The van der Waals surface area contributed by atoms with Gasteiger partial charge in [-0.2, -0.15) is 0 Å². The van der Waals surface area contributed by atoms with Crippen molar-refractivity contribution in [2.24, 2.45) is 17.8 Å². The second kappa shape index (κ2) is 10.9. The van der Waals surface area contributed by atoms with Crippen molar-refractivity contribution < 1.29 is 24.5 Å². The van der Waals surface area contributed by atoms with Gasteiger partial charge in [0, 0.05) is 25.6 Å². The third-order valence-electron chi connectivity index (χ3n) is 10.1. The minimum Gasteiger partial charge on any atom is -0.490 e. The van der Waals surface area contributed by atoms with Gasteiger partial charge in [0.1, 0.15) is 5.75 Å². The third kappa shape index (κ3) is 4.93. The SMILES string of the molecule is CO[C@@H]([C@H]1CCC[C@H](O)C1)[C@@H]1CC[C@H]1CN1CC2(CCCc3ccccc32)COc2ccc(C(=O)O)c(Cl)c21. The topological polar surface area (TPSA) is 79.2 Å². The lowest BCUT2D eigenvalue weighted by molar-refractivity contribution is -0.0721. The van der Waals surface area contributed by atoms with E-state index in [4.69, 9.17) is 21.1 Å². The first-order chi connectivity index (χ1) is 18.9. The van der Waals surface area contributed by atoms with Gasteiger partial charge in [0.05, 0.1) is 35.1 Å². The number of aryl methyl sites for hydroxylation is 1. The van der Waals surface area contributed by atoms with Crippen molar-refractivity contribution in [2.45, 2.75) is 75.4 Å². The highest BCUT2D eigenvalue weighted by molar-refractivity contribution is 6.36. The van der Waals surface area contributed by atoms with Crippen LogP contribution in [0.2, 0.25) is 5.02 Å². The number of aliphatic hydroxyl groups excluding tert-OH is 1. The minimum atomic E-state index is -1.03. The summed E-state index contributed by atoms with van der Waals surface area (Å²) in [5.74, 6) is 0.834. The Kier molecular flexibility index (Phi) is 7.55. The normalized spacial score (nSPS) is 30.9. The molecule has 1 spiro atoms. The van der Waals surface area contributed by atoms with E-state index in [1.165, 1.54) is 11.1 Å². The van der Waals surface area contributed by atoms with Crippen LogP contribution in [0.1, 0.15) is 72.9 Å². The highest BCUT2D eigenvalue weighted by Crippen LogP contribution is 2.50. The summed E-state index contributed by atoms with van der Waals surface area (Å²) in [6.45, 7) is 2.07. The molecule has 1 aliphatic heterocycles. The maximum Gasteiger partial charge on any atom is 0.337 e. The van der Waals surface area contributed by atoms with E-state index < -0.39 is 5.97 Å². The molecule has 0 saturated heterocycles. The van der Waals surface area contributed by atoms with Crippen LogP contribution in [-0.4, -0.2) is 55.2 Å². The van der Waals surface area contributed by atoms with Gasteiger partial charge in [0.25, 0.3) is 0 Å². The molecule has 6 atom stereocenters. The zero-order chi connectivity index (χ0) is 27.1. The average molecular weight is 554 g/mol. The number of fused-ring (bicyclic) bond motifs is 3. The predicted molar refractivity (Wildman–Crippen MR) is 152 cm³/mol. The quantitative estimate of drug-likeness (QED) is 0.450. The van der Waals surface area contributed by atoms with E-state index in [0.29, 0.717) is 35.8 Å². The van der Waals surface area contributed by atoms with E-state index in [2.05, 4.69) is 29.2 Å². The number of nitrogens with zero attached hydrogens (tertiary/aromatic N) is 1. The summed E-state index contributed by atoms with van der Waals surface area (Å²) < 4.78 is 12.6. The van der Waals surface area contributed by atoms with Crippen molar-refractivity contribution in [1.29, 1.82) is 0 Å². The lowest BCUT2D eigenvalue weighted by Gasteiger charge is -2.48. The van der Waals surface area contributed by atoms with Gasteiger partial charge < -0.3 is 24.6 Å². The number of rotatable bonds is 6. The van der Waals surface area contributed by atoms with E-state index in [-0.39, 0.29) is 28.2 Å². The van der Waals surface area contributed by atoms with Gasteiger partial charge in [-0.15, -0.1) is 0 Å². The first kappa shape index (κ1) is 26.9. The number of aromatic carboxylic acids is 1. The van der Waals surface area contributed by atoms with Crippen molar-refractivity contribution in [3.05, 3.63) is 58.1 Å². The van der Waals surface area contributed by atoms with Gasteiger partial charge in [-0.1, -0.05) is 42.3 Å². The number of hydrogen-bond donors (Lipinski definition) is 2. The molecule has 39 heavy (non-hydrogen) atoms. The Morgan fingerprint density at radius 1 is 1.18 bits per heavy atom. The summed E-state index contributed by atoms with van der Waals surface area (Å²) in [6.07, 6.45) is 9.17. The second-order valence-corrected chi connectivity index (χ2v) is 12.7. The van der Waals surface area contributed by atoms with Crippen LogP contribution in [0.4, 0.5) is 5.69 Å². The smallest absolute Gasteiger partial charge is 0.337 e. The van der Waals surface area contributed by atoms with Crippen LogP contribution in [0.5, 0.6) is 5.75 Å². The Morgan fingerprint density at radius 2 is 2.03 bits per heavy atom. The molecular weight excluding hydrogens is 514 g/mol. The number of hydrogen-bond acceptors (Lipinski definition) is 5. The van der Waals surface area contributed by atoms with E-state index in [1.807, 2.05) is 7.11 Å². The minimum absolute atomic E-state index is 0.111. The zero-order valence-electron chi connectivity index (χ0n) is 22.8. The maximum absolute atomic E-state index is 12.0. The number of aliphatic hydroxyl groups is 1. The Morgan fingerprint density at radius 3 is 2.77 bits per heavy atom. The Hall–Kier alpha value is -2.28. The molecule has 0 amide bonds. The summed E-state index contributed by atoms with van der Waals surface area (Å²) in [7, 11) is 1.82. The van der Waals surface area contributed by atoms with Crippen LogP contribution in [0.25, 0.3) is 0 Å². The van der Waals surface area contributed by atoms with Crippen LogP contribution in [0.15, 0.2) is 36.4 Å². The van der Waals surface area contributed by atoms with E-state index >= 15 is 0 Å². The number of halogens is 1. The van der Waals surface area contributed by atoms with E-state index in [0.717, 1.165) is 70.9 Å². The Balaban J connectivity index is 1.35. The zero-order valence-corrected chi connectivity index (χ0v) is 23.5. The molecule has 0 radical (unpaired) electrons. The van der Waals surface area contributed by atoms with Gasteiger partial charge in [-0.3, -0.25) is 0 Å². The van der Waals surface area contributed by atoms with Crippen molar-refractivity contribution >= 4 is 23.3 Å². The molecule has 2 fully saturated rings. The molecule has 0 bridgehead atoms. The fourth-order valence-corrected chi connectivity index (χ4v) is 8.42. The monoisotopic (exact) mass is 553 g/mol. The molecule has 1 unspecified atom stereocenters. The molecule has 2 saturated carbocycles. The fraction of sp³-hybridized carbons (Fsp3) is 0.594. The summed E-state index contributed by atoms with van der Waals surface area (Å²) in [6, 6.07) is 12.1. The molecule has 1 heterocycles. The number of benzene rings is 2. The third-order valence-corrected chi connectivity index (χ3v) is 10.5. The predicted octanol–water partition coefficient (Wildman–Crippen LogP) is 6.10. The van der Waals surface area contributed by atoms with Crippen molar-refractivity contribution in [3.8, 4) is 5.75 Å². The van der Waals surface area contributed by atoms with Crippen LogP contribution in [0, 0.1) is 17.8 Å².